The van der Waals surface area contributed by atoms with E-state index in [0.717, 1.165) is 32.4 Å². The molecule has 1 N–H and O–H groups in total. The Labute approximate surface area is 125 Å². The van der Waals surface area contributed by atoms with Crippen molar-refractivity contribution in [1.29, 1.82) is 0 Å². The smallest absolute Gasteiger partial charge is 0.307 e. The second-order valence-corrected chi connectivity index (χ2v) is 6.85. The van der Waals surface area contributed by atoms with Gasteiger partial charge in [0.25, 0.3) is 0 Å². The van der Waals surface area contributed by atoms with Crippen LogP contribution in [0, 0.1) is 23.7 Å². The molecule has 1 saturated heterocycles. The van der Waals surface area contributed by atoms with Crippen LogP contribution in [0.15, 0.2) is 12.2 Å². The lowest BCUT2D eigenvalue weighted by Gasteiger charge is -2.38. The number of likely N-dealkylation sites (tertiary alicyclic amines) is 1. The minimum absolute atomic E-state index is 0.0274. The Balaban J connectivity index is 1.74. The molecular formula is C16H24N2O3. The number of rotatable bonds is 3. The number of carboxylic acid groups (broad SMARTS) is 1. The maximum absolute atomic E-state index is 12.9. The SMILES string of the molecule is CN1CCCC(N(C)C(=O)[C@H]2C3C=CC(C3)[C@H]2C(=O)O)C1. The summed E-state index contributed by atoms with van der Waals surface area (Å²) in [7, 11) is 3.92. The molecule has 21 heavy (non-hydrogen) atoms. The largest absolute Gasteiger partial charge is 0.481 e. The van der Waals surface area contributed by atoms with Crippen LogP contribution in [0.2, 0.25) is 0 Å². The molecule has 3 aliphatic rings. The average Bonchev–Trinajstić information content (AvgIpc) is 3.06. The third kappa shape index (κ3) is 2.48. The van der Waals surface area contributed by atoms with Gasteiger partial charge in [0.1, 0.15) is 0 Å². The number of nitrogens with zero attached hydrogens (tertiary/aromatic N) is 2. The molecule has 2 fully saturated rings. The number of fused-ring (bicyclic) bond motifs is 2. The van der Waals surface area contributed by atoms with E-state index >= 15 is 0 Å². The topological polar surface area (TPSA) is 60.9 Å². The van der Waals surface area contributed by atoms with E-state index < -0.39 is 11.9 Å². The fourth-order valence-corrected chi connectivity index (χ4v) is 4.37. The number of hydrogen-bond acceptors (Lipinski definition) is 3. The maximum atomic E-state index is 12.9. The molecule has 0 aromatic rings. The molecule has 1 amide bonds. The zero-order valence-corrected chi connectivity index (χ0v) is 12.7. The molecular weight excluding hydrogens is 268 g/mol. The van der Waals surface area contributed by atoms with Crippen LogP contribution in [0.1, 0.15) is 19.3 Å². The van der Waals surface area contributed by atoms with E-state index in [2.05, 4.69) is 11.9 Å². The second-order valence-electron chi connectivity index (χ2n) is 6.85. The number of hydrogen-bond donors (Lipinski definition) is 1. The molecule has 3 rings (SSSR count). The molecule has 3 unspecified atom stereocenters. The van der Waals surface area contributed by atoms with E-state index in [4.69, 9.17) is 0 Å². The lowest BCUT2D eigenvalue weighted by atomic mass is 9.81. The fraction of sp³-hybridized carbons (Fsp3) is 0.750. The minimum Gasteiger partial charge on any atom is -0.481 e. The number of carbonyl (C=O) groups excluding carboxylic acids is 1. The van der Waals surface area contributed by atoms with Crippen molar-refractivity contribution >= 4 is 11.9 Å². The zero-order chi connectivity index (χ0) is 15.1. The molecule has 1 saturated carbocycles. The van der Waals surface area contributed by atoms with Crippen molar-refractivity contribution in [3.63, 3.8) is 0 Å². The Hall–Kier alpha value is -1.36. The van der Waals surface area contributed by atoms with Crippen molar-refractivity contribution in [2.75, 3.05) is 27.2 Å². The molecule has 0 radical (unpaired) electrons. The summed E-state index contributed by atoms with van der Waals surface area (Å²) in [6.07, 6.45) is 6.97. The molecule has 5 heteroatoms. The van der Waals surface area contributed by atoms with Crippen molar-refractivity contribution in [2.24, 2.45) is 23.7 Å². The number of likely N-dealkylation sites (N-methyl/N-ethyl adjacent to an activating group) is 2. The molecule has 0 aromatic carbocycles. The van der Waals surface area contributed by atoms with E-state index in [9.17, 15) is 14.7 Å². The van der Waals surface area contributed by atoms with Crippen LogP contribution in [-0.4, -0.2) is 60.0 Å². The average molecular weight is 292 g/mol. The number of carboxylic acids is 1. The number of aliphatic carboxylic acids is 1. The maximum Gasteiger partial charge on any atom is 0.307 e. The second kappa shape index (κ2) is 5.44. The Morgan fingerprint density at radius 1 is 1.24 bits per heavy atom. The molecule has 1 aliphatic heterocycles. The predicted octanol–water partition coefficient (Wildman–Crippen LogP) is 1.06. The number of carbonyl (C=O) groups is 2. The van der Waals surface area contributed by atoms with Gasteiger partial charge in [-0.05, 0) is 44.7 Å². The predicted molar refractivity (Wildman–Crippen MR) is 78.6 cm³/mol. The molecule has 1 heterocycles. The number of amides is 1. The molecule has 2 aliphatic carbocycles. The van der Waals surface area contributed by atoms with Gasteiger partial charge in [-0.1, -0.05) is 12.2 Å². The molecule has 0 aromatic heterocycles. The molecule has 0 spiro atoms. The van der Waals surface area contributed by atoms with Gasteiger partial charge in [-0.15, -0.1) is 0 Å². The van der Waals surface area contributed by atoms with Crippen molar-refractivity contribution < 1.29 is 14.7 Å². The van der Waals surface area contributed by atoms with Gasteiger partial charge in [0, 0.05) is 19.6 Å². The third-order valence-electron chi connectivity index (χ3n) is 5.52. The van der Waals surface area contributed by atoms with Gasteiger partial charge in [0.05, 0.1) is 11.8 Å². The normalized spacial score (nSPS) is 38.7. The lowest BCUT2D eigenvalue weighted by molar-refractivity contribution is -0.151. The lowest BCUT2D eigenvalue weighted by Crippen LogP contribution is -2.51. The Morgan fingerprint density at radius 2 is 1.90 bits per heavy atom. The van der Waals surface area contributed by atoms with Crippen LogP contribution in [0.3, 0.4) is 0 Å². The van der Waals surface area contributed by atoms with Gasteiger partial charge in [0.15, 0.2) is 0 Å². The molecule has 116 valence electrons. The Bertz CT molecular complexity index is 476. The number of allylic oxidation sites excluding steroid dienone is 2. The summed E-state index contributed by atoms with van der Waals surface area (Å²) in [6, 6.07) is 0.216. The summed E-state index contributed by atoms with van der Waals surface area (Å²) >= 11 is 0. The van der Waals surface area contributed by atoms with Gasteiger partial charge in [-0.2, -0.15) is 0 Å². The summed E-state index contributed by atoms with van der Waals surface area (Å²) in [5, 5.41) is 9.48. The van der Waals surface area contributed by atoms with E-state index in [1.54, 1.807) is 0 Å². The highest BCUT2D eigenvalue weighted by Crippen LogP contribution is 2.48. The first-order chi connectivity index (χ1) is 9.99. The highest BCUT2D eigenvalue weighted by molar-refractivity contribution is 5.87. The van der Waals surface area contributed by atoms with Gasteiger partial charge in [-0.25, -0.2) is 0 Å². The monoisotopic (exact) mass is 292 g/mol. The molecule has 5 nitrogen and oxygen atoms in total. The first-order valence-corrected chi connectivity index (χ1v) is 7.85. The summed E-state index contributed by atoms with van der Waals surface area (Å²) < 4.78 is 0. The van der Waals surface area contributed by atoms with Gasteiger partial charge < -0.3 is 14.9 Å². The van der Waals surface area contributed by atoms with Crippen molar-refractivity contribution in [3.8, 4) is 0 Å². The zero-order valence-electron chi connectivity index (χ0n) is 12.7. The van der Waals surface area contributed by atoms with Crippen molar-refractivity contribution in [2.45, 2.75) is 25.3 Å². The fourth-order valence-electron chi connectivity index (χ4n) is 4.37. The van der Waals surface area contributed by atoms with Crippen LogP contribution in [0.5, 0.6) is 0 Å². The van der Waals surface area contributed by atoms with Crippen LogP contribution >= 0.6 is 0 Å². The standard InChI is InChI=1S/C16H24N2O3/c1-17-7-3-4-12(9-17)18(2)15(19)13-10-5-6-11(8-10)14(13)16(20)21/h5-6,10-14H,3-4,7-9H2,1-2H3,(H,20,21)/t10?,11?,12?,13-,14+/m0/s1. The molecule has 5 atom stereocenters. The molecule has 2 bridgehead atoms. The summed E-state index contributed by atoms with van der Waals surface area (Å²) in [4.78, 5) is 28.5. The Kier molecular flexibility index (Phi) is 3.78. The minimum atomic E-state index is -0.820. The number of piperidine rings is 1. The first-order valence-electron chi connectivity index (χ1n) is 7.85. The highest BCUT2D eigenvalue weighted by Gasteiger charge is 2.52. The summed E-state index contributed by atoms with van der Waals surface area (Å²) in [6.45, 7) is 1.96. The Morgan fingerprint density at radius 3 is 2.52 bits per heavy atom. The van der Waals surface area contributed by atoms with Gasteiger partial charge >= 0.3 is 5.97 Å². The first kappa shape index (κ1) is 14.6. The van der Waals surface area contributed by atoms with Gasteiger partial charge in [0.2, 0.25) is 5.91 Å². The van der Waals surface area contributed by atoms with E-state index in [1.165, 1.54) is 0 Å². The third-order valence-corrected chi connectivity index (χ3v) is 5.52. The highest BCUT2D eigenvalue weighted by atomic mass is 16.4. The van der Waals surface area contributed by atoms with E-state index in [-0.39, 0.29) is 29.7 Å². The van der Waals surface area contributed by atoms with Crippen LogP contribution in [-0.2, 0) is 9.59 Å². The van der Waals surface area contributed by atoms with Crippen LogP contribution in [0.25, 0.3) is 0 Å². The van der Waals surface area contributed by atoms with Crippen LogP contribution < -0.4 is 0 Å². The van der Waals surface area contributed by atoms with Crippen molar-refractivity contribution in [1.82, 2.24) is 9.80 Å². The van der Waals surface area contributed by atoms with Crippen LogP contribution in [0.4, 0.5) is 0 Å². The van der Waals surface area contributed by atoms with E-state index in [0.29, 0.717) is 0 Å². The summed E-state index contributed by atoms with van der Waals surface area (Å²) in [5.74, 6) is -1.53. The van der Waals surface area contributed by atoms with Gasteiger partial charge in [-0.3, -0.25) is 9.59 Å². The van der Waals surface area contributed by atoms with E-state index in [1.807, 2.05) is 24.1 Å². The quantitative estimate of drug-likeness (QED) is 0.790. The summed E-state index contributed by atoms with van der Waals surface area (Å²) in [5.41, 5.74) is 0. The van der Waals surface area contributed by atoms with Crippen molar-refractivity contribution in [3.05, 3.63) is 12.2 Å².